The van der Waals surface area contributed by atoms with Crippen LogP contribution in [0.4, 0.5) is 4.79 Å². The van der Waals surface area contributed by atoms with Gasteiger partial charge in [-0.1, -0.05) is 72.8 Å². The molecule has 1 heterocycles. The second-order valence-corrected chi connectivity index (χ2v) is 8.44. The molecular weight excluding hydrogens is 398 g/mol. The Kier molecular flexibility index (Phi) is 5.32. The van der Waals surface area contributed by atoms with Crippen LogP contribution in [-0.2, 0) is 10.3 Å². The Hall–Kier alpha value is -3.37. The second kappa shape index (κ2) is 8.29. The van der Waals surface area contributed by atoms with E-state index in [-0.39, 0.29) is 6.09 Å². The van der Waals surface area contributed by atoms with Gasteiger partial charge in [0.25, 0.3) is 0 Å². The average Bonchev–Trinajstić information content (AvgIpc) is 3.34. The first-order valence-corrected chi connectivity index (χ1v) is 11.3. The van der Waals surface area contributed by atoms with Crippen molar-refractivity contribution in [1.29, 1.82) is 0 Å². The number of hydrogen-bond acceptors (Lipinski definition) is 3. The molecule has 4 aromatic carbocycles. The largest absolute Gasteiger partial charge is 0.450 e. The van der Waals surface area contributed by atoms with E-state index in [1.165, 1.54) is 0 Å². The van der Waals surface area contributed by atoms with Crippen LogP contribution < -0.4 is 0 Å². The third-order valence-corrected chi connectivity index (χ3v) is 6.62. The van der Waals surface area contributed by atoms with Gasteiger partial charge in [-0.15, -0.1) is 0 Å². The van der Waals surface area contributed by atoms with Crippen LogP contribution in [0.1, 0.15) is 30.9 Å². The topological polar surface area (TPSA) is 49.8 Å². The molecule has 162 valence electrons. The summed E-state index contributed by atoms with van der Waals surface area (Å²) in [6.07, 6.45) is 1.16. The highest BCUT2D eigenvalue weighted by atomic mass is 16.6. The lowest BCUT2D eigenvalue weighted by molar-refractivity contribution is -0.00466. The van der Waals surface area contributed by atoms with Gasteiger partial charge in [0.2, 0.25) is 0 Å². The van der Waals surface area contributed by atoms with Crippen molar-refractivity contribution in [2.45, 2.75) is 31.4 Å². The van der Waals surface area contributed by atoms with Crippen LogP contribution in [0.2, 0.25) is 0 Å². The Morgan fingerprint density at radius 2 is 1.44 bits per heavy atom. The molecule has 0 spiro atoms. The first kappa shape index (κ1) is 20.5. The predicted octanol–water partition coefficient (Wildman–Crippen LogP) is 5.85. The second-order valence-electron chi connectivity index (χ2n) is 8.44. The number of amides is 1. The van der Waals surface area contributed by atoms with E-state index in [9.17, 15) is 9.90 Å². The normalized spacial score (nSPS) is 16.6. The van der Waals surface area contributed by atoms with E-state index in [1.54, 1.807) is 4.90 Å². The third-order valence-electron chi connectivity index (χ3n) is 6.62. The number of carbonyl (C=O) groups is 1. The molecular formula is C28H27NO3. The van der Waals surface area contributed by atoms with Crippen LogP contribution in [0.3, 0.4) is 0 Å². The summed E-state index contributed by atoms with van der Waals surface area (Å²) in [4.78, 5) is 14.5. The number of fused-ring (bicyclic) bond motifs is 2. The Balaban J connectivity index is 1.70. The maximum Gasteiger partial charge on any atom is 0.410 e. The molecule has 0 aliphatic carbocycles. The fourth-order valence-corrected chi connectivity index (χ4v) is 5.03. The lowest BCUT2D eigenvalue weighted by atomic mass is 9.78. The first-order valence-electron chi connectivity index (χ1n) is 11.3. The summed E-state index contributed by atoms with van der Waals surface area (Å²) < 4.78 is 5.34. The molecule has 0 bridgehead atoms. The molecule has 5 rings (SSSR count). The molecule has 1 amide bonds. The summed E-state index contributed by atoms with van der Waals surface area (Å²) in [5.41, 5.74) is 0.206. The van der Waals surface area contributed by atoms with Crippen LogP contribution in [-0.4, -0.2) is 35.3 Å². The molecule has 1 aliphatic rings. The SMILES string of the molecule is CCOC(=O)N1CCC[C@H]1C(O)(c1ccc2ccccc2c1)c1ccc2ccccc2c1. The quantitative estimate of drug-likeness (QED) is 0.446. The van der Waals surface area contributed by atoms with E-state index in [2.05, 4.69) is 24.3 Å². The van der Waals surface area contributed by atoms with Crippen LogP contribution in [0, 0.1) is 0 Å². The van der Waals surface area contributed by atoms with Crippen molar-refractivity contribution in [3.05, 3.63) is 96.1 Å². The molecule has 0 unspecified atom stereocenters. The molecule has 0 saturated carbocycles. The maximum atomic E-state index is 12.8. The highest BCUT2D eigenvalue weighted by Crippen LogP contribution is 2.42. The zero-order valence-electron chi connectivity index (χ0n) is 18.2. The molecule has 4 heteroatoms. The molecule has 4 aromatic rings. The van der Waals surface area contributed by atoms with Gasteiger partial charge in [-0.3, -0.25) is 0 Å². The molecule has 0 aromatic heterocycles. The Morgan fingerprint density at radius 1 is 0.906 bits per heavy atom. The fourth-order valence-electron chi connectivity index (χ4n) is 5.03. The van der Waals surface area contributed by atoms with Crippen LogP contribution in [0.25, 0.3) is 21.5 Å². The van der Waals surface area contributed by atoms with Crippen LogP contribution in [0.5, 0.6) is 0 Å². The monoisotopic (exact) mass is 425 g/mol. The van der Waals surface area contributed by atoms with Gasteiger partial charge in [-0.05, 0) is 64.6 Å². The maximum absolute atomic E-state index is 12.8. The summed E-state index contributed by atoms with van der Waals surface area (Å²) in [5.74, 6) is 0. The van der Waals surface area contributed by atoms with Gasteiger partial charge in [0.15, 0.2) is 0 Å². The molecule has 1 atom stereocenters. The Bertz CT molecular complexity index is 1200. The van der Waals surface area contributed by atoms with Gasteiger partial charge >= 0.3 is 6.09 Å². The smallest absolute Gasteiger partial charge is 0.410 e. The summed E-state index contributed by atoms with van der Waals surface area (Å²) in [6, 6.07) is 28.0. The zero-order valence-corrected chi connectivity index (χ0v) is 18.2. The van der Waals surface area contributed by atoms with Crippen molar-refractivity contribution in [2.75, 3.05) is 13.2 Å². The van der Waals surface area contributed by atoms with E-state index in [1.807, 2.05) is 67.6 Å². The summed E-state index contributed by atoms with van der Waals surface area (Å²) in [6.45, 7) is 2.70. The van der Waals surface area contributed by atoms with Crippen LogP contribution >= 0.6 is 0 Å². The number of carbonyl (C=O) groups excluding carboxylic acids is 1. The molecule has 1 fully saturated rings. The average molecular weight is 426 g/mol. The number of hydrogen-bond donors (Lipinski definition) is 1. The number of rotatable bonds is 4. The highest BCUT2D eigenvalue weighted by Gasteiger charge is 2.47. The minimum atomic E-state index is -1.36. The molecule has 4 nitrogen and oxygen atoms in total. The van der Waals surface area contributed by atoms with Crippen molar-refractivity contribution in [1.82, 2.24) is 4.90 Å². The fraction of sp³-hybridized carbons (Fsp3) is 0.250. The van der Waals surface area contributed by atoms with Gasteiger partial charge in [0.05, 0.1) is 12.6 Å². The van der Waals surface area contributed by atoms with E-state index >= 15 is 0 Å². The van der Waals surface area contributed by atoms with Gasteiger partial charge in [-0.2, -0.15) is 0 Å². The Morgan fingerprint density at radius 3 is 1.97 bits per heavy atom. The number of nitrogens with zero attached hydrogens (tertiary/aromatic N) is 1. The standard InChI is InChI=1S/C28H27NO3/c1-2-32-27(30)29-17-7-12-26(29)28(31,24-15-13-20-8-3-5-10-22(20)18-24)25-16-14-21-9-4-6-11-23(21)19-25/h3-6,8-11,13-16,18-19,26,31H,2,7,12,17H2,1H3/t26-/m0/s1. The van der Waals surface area contributed by atoms with Crippen LogP contribution in [0.15, 0.2) is 84.9 Å². The van der Waals surface area contributed by atoms with Crippen molar-refractivity contribution in [3.8, 4) is 0 Å². The van der Waals surface area contributed by atoms with E-state index in [4.69, 9.17) is 4.74 Å². The van der Waals surface area contributed by atoms with E-state index in [0.717, 1.165) is 39.1 Å². The number of aliphatic hydroxyl groups is 1. The third kappa shape index (κ3) is 3.41. The number of likely N-dealkylation sites (tertiary alicyclic amines) is 1. The molecule has 0 radical (unpaired) electrons. The van der Waals surface area contributed by atoms with Crippen molar-refractivity contribution in [2.24, 2.45) is 0 Å². The van der Waals surface area contributed by atoms with Gasteiger partial charge < -0.3 is 14.7 Å². The minimum Gasteiger partial charge on any atom is -0.450 e. The summed E-state index contributed by atoms with van der Waals surface area (Å²) in [7, 11) is 0. The van der Waals surface area contributed by atoms with E-state index in [0.29, 0.717) is 19.6 Å². The first-order chi connectivity index (χ1) is 15.6. The highest BCUT2D eigenvalue weighted by molar-refractivity contribution is 5.85. The zero-order chi connectivity index (χ0) is 22.1. The van der Waals surface area contributed by atoms with Gasteiger partial charge in [-0.25, -0.2) is 4.79 Å². The number of ether oxygens (including phenoxy) is 1. The lowest BCUT2D eigenvalue weighted by Gasteiger charge is -2.39. The van der Waals surface area contributed by atoms with E-state index < -0.39 is 11.6 Å². The van der Waals surface area contributed by atoms with Gasteiger partial charge in [0, 0.05) is 6.54 Å². The van der Waals surface area contributed by atoms with Crippen molar-refractivity contribution >= 4 is 27.6 Å². The minimum absolute atomic E-state index is 0.312. The summed E-state index contributed by atoms with van der Waals surface area (Å²) >= 11 is 0. The van der Waals surface area contributed by atoms with Gasteiger partial charge in [0.1, 0.15) is 5.60 Å². The lowest BCUT2D eigenvalue weighted by Crippen LogP contribution is -2.50. The predicted molar refractivity (Wildman–Crippen MR) is 128 cm³/mol. The Labute approximate surface area is 188 Å². The molecule has 1 aliphatic heterocycles. The van der Waals surface area contributed by atoms with Crippen molar-refractivity contribution in [3.63, 3.8) is 0 Å². The number of benzene rings is 4. The molecule has 1 saturated heterocycles. The molecule has 32 heavy (non-hydrogen) atoms. The van der Waals surface area contributed by atoms with Crippen molar-refractivity contribution < 1.29 is 14.6 Å². The molecule has 1 N–H and O–H groups in total. The summed E-state index contributed by atoms with van der Waals surface area (Å²) in [5, 5.41) is 16.9.